The fourth-order valence-electron chi connectivity index (χ4n) is 4.76. The molecule has 4 rings (SSSR count). The van der Waals surface area contributed by atoms with Gasteiger partial charge in [-0.3, -0.25) is 0 Å². The molecule has 5 heteroatoms. The third-order valence-corrected chi connectivity index (χ3v) is 6.85. The van der Waals surface area contributed by atoms with Gasteiger partial charge in [0.15, 0.2) is 0 Å². The van der Waals surface area contributed by atoms with Crippen LogP contribution in [0.5, 0.6) is 0 Å². The summed E-state index contributed by atoms with van der Waals surface area (Å²) < 4.78 is 6.78. The lowest BCUT2D eigenvalue weighted by atomic mass is 9.94. The molecule has 0 spiro atoms. The van der Waals surface area contributed by atoms with Gasteiger partial charge in [0.25, 0.3) is 0 Å². The van der Waals surface area contributed by atoms with Crippen molar-refractivity contribution in [3.8, 4) is 0 Å². The van der Waals surface area contributed by atoms with E-state index in [1.807, 2.05) is 25.7 Å². The molecular formula is C29H35BrN2O2. The molecule has 1 heterocycles. The van der Waals surface area contributed by atoms with Gasteiger partial charge in [-0.25, -0.2) is 4.79 Å². The number of carbonyl (C=O) groups is 1. The van der Waals surface area contributed by atoms with E-state index in [0.717, 1.165) is 49.8 Å². The molecule has 1 saturated heterocycles. The van der Waals surface area contributed by atoms with E-state index in [9.17, 15) is 4.79 Å². The summed E-state index contributed by atoms with van der Waals surface area (Å²) in [6.07, 6.45) is 3.88. The van der Waals surface area contributed by atoms with E-state index in [-0.39, 0.29) is 12.1 Å². The van der Waals surface area contributed by atoms with Crippen LogP contribution in [0.4, 0.5) is 4.79 Å². The van der Waals surface area contributed by atoms with Gasteiger partial charge >= 0.3 is 6.09 Å². The third-order valence-electron chi connectivity index (χ3n) is 6.36. The minimum absolute atomic E-state index is 0.159. The highest BCUT2D eigenvalue weighted by atomic mass is 79.9. The molecule has 3 aromatic rings. The van der Waals surface area contributed by atoms with Crippen molar-refractivity contribution in [3.63, 3.8) is 0 Å². The van der Waals surface area contributed by atoms with Crippen LogP contribution >= 0.6 is 15.9 Å². The summed E-state index contributed by atoms with van der Waals surface area (Å²) in [7, 11) is 0. The molecule has 0 aromatic heterocycles. The average molecular weight is 524 g/mol. The number of ether oxygens (including phenoxy) is 1. The normalized spacial score (nSPS) is 16.6. The Balaban J connectivity index is 1.51. The van der Waals surface area contributed by atoms with Gasteiger partial charge in [-0.2, -0.15) is 0 Å². The quantitative estimate of drug-likeness (QED) is 0.376. The average Bonchev–Trinajstić information content (AvgIpc) is 2.79. The van der Waals surface area contributed by atoms with E-state index in [4.69, 9.17) is 4.74 Å². The lowest BCUT2D eigenvalue weighted by Crippen LogP contribution is -2.50. The lowest BCUT2D eigenvalue weighted by Gasteiger charge is -2.37. The zero-order chi connectivity index (χ0) is 24.1. The largest absolute Gasteiger partial charge is 0.444 e. The van der Waals surface area contributed by atoms with Crippen LogP contribution in [0.25, 0.3) is 10.8 Å². The van der Waals surface area contributed by atoms with Crippen LogP contribution < -0.4 is 5.32 Å². The Morgan fingerprint density at radius 1 is 1.09 bits per heavy atom. The summed E-state index contributed by atoms with van der Waals surface area (Å²) in [6, 6.07) is 21.7. The predicted octanol–water partition coefficient (Wildman–Crippen LogP) is 7.07. The first-order chi connectivity index (χ1) is 16.3. The van der Waals surface area contributed by atoms with Crippen molar-refractivity contribution in [2.45, 2.75) is 64.6 Å². The first kappa shape index (κ1) is 24.7. The number of nitrogens with one attached hydrogen (secondary N) is 1. The van der Waals surface area contributed by atoms with Gasteiger partial charge in [0.05, 0.1) is 0 Å². The number of hydrogen-bond donors (Lipinski definition) is 1. The molecule has 34 heavy (non-hydrogen) atoms. The molecule has 1 aliphatic rings. The number of amides is 1. The van der Waals surface area contributed by atoms with Gasteiger partial charge < -0.3 is 15.0 Å². The Kier molecular flexibility index (Phi) is 7.95. The highest BCUT2D eigenvalue weighted by Crippen LogP contribution is 2.26. The van der Waals surface area contributed by atoms with E-state index in [1.165, 1.54) is 27.5 Å². The summed E-state index contributed by atoms with van der Waals surface area (Å²) in [6.45, 7) is 8.08. The van der Waals surface area contributed by atoms with Crippen LogP contribution in [0.2, 0.25) is 0 Å². The van der Waals surface area contributed by atoms with Crippen LogP contribution in [0.15, 0.2) is 65.1 Å². The Hall–Kier alpha value is -2.37. The van der Waals surface area contributed by atoms with Crippen molar-refractivity contribution in [2.24, 2.45) is 0 Å². The highest BCUT2D eigenvalue weighted by molar-refractivity contribution is 9.10. The summed E-state index contributed by atoms with van der Waals surface area (Å²) >= 11 is 3.60. The molecule has 1 fully saturated rings. The molecule has 1 N–H and O–H groups in total. The van der Waals surface area contributed by atoms with Crippen LogP contribution in [0, 0.1) is 0 Å². The van der Waals surface area contributed by atoms with E-state index in [1.54, 1.807) is 0 Å². The van der Waals surface area contributed by atoms with Crippen LogP contribution in [-0.4, -0.2) is 35.7 Å². The number of halogens is 1. The summed E-state index contributed by atoms with van der Waals surface area (Å²) in [5, 5.41) is 6.23. The maximum Gasteiger partial charge on any atom is 0.410 e. The number of rotatable bonds is 6. The van der Waals surface area contributed by atoms with Crippen molar-refractivity contribution < 1.29 is 9.53 Å². The van der Waals surface area contributed by atoms with E-state index in [0.29, 0.717) is 0 Å². The van der Waals surface area contributed by atoms with Gasteiger partial charge in [-0.05, 0) is 86.1 Å². The monoisotopic (exact) mass is 522 g/mol. The molecule has 4 nitrogen and oxygen atoms in total. The second-order valence-corrected chi connectivity index (χ2v) is 11.1. The summed E-state index contributed by atoms with van der Waals surface area (Å²) in [5.41, 5.74) is 3.47. The lowest BCUT2D eigenvalue weighted by molar-refractivity contribution is 0.00993. The fourth-order valence-corrected chi connectivity index (χ4v) is 5.21. The number of piperidine rings is 1. The molecule has 0 radical (unpaired) electrons. The number of carbonyl (C=O) groups excluding carboxylic acids is 1. The maximum atomic E-state index is 12.8. The number of nitrogens with zero attached hydrogens (tertiary/aromatic N) is 1. The Morgan fingerprint density at radius 3 is 2.71 bits per heavy atom. The minimum Gasteiger partial charge on any atom is -0.444 e. The van der Waals surface area contributed by atoms with E-state index in [2.05, 4.69) is 81.9 Å². The number of benzene rings is 3. The van der Waals surface area contributed by atoms with Gasteiger partial charge in [-0.1, -0.05) is 64.5 Å². The van der Waals surface area contributed by atoms with Crippen LogP contribution in [0.3, 0.4) is 0 Å². The number of fused-ring (bicyclic) bond motifs is 1. The SMILES string of the molecule is CC(C)(C)OC(=O)N1CCCCC1CNCc1c(Cc2cccc(Br)c2)ccc2ccccc12. The smallest absolute Gasteiger partial charge is 0.410 e. The van der Waals surface area contributed by atoms with Crippen molar-refractivity contribution in [1.82, 2.24) is 10.2 Å². The van der Waals surface area contributed by atoms with Gasteiger partial charge in [0.1, 0.15) is 5.60 Å². The van der Waals surface area contributed by atoms with Crippen molar-refractivity contribution >= 4 is 32.8 Å². The fraction of sp³-hybridized carbons (Fsp3) is 0.414. The first-order valence-corrected chi connectivity index (χ1v) is 13.0. The Morgan fingerprint density at radius 2 is 1.91 bits per heavy atom. The molecule has 0 aliphatic carbocycles. The second kappa shape index (κ2) is 10.9. The molecule has 1 aliphatic heterocycles. The Labute approximate surface area is 211 Å². The Bertz CT molecular complexity index is 1140. The van der Waals surface area contributed by atoms with Crippen molar-refractivity contribution in [3.05, 3.63) is 81.8 Å². The molecule has 3 aromatic carbocycles. The van der Waals surface area contributed by atoms with Gasteiger partial charge in [0.2, 0.25) is 0 Å². The van der Waals surface area contributed by atoms with Gasteiger partial charge in [0, 0.05) is 30.1 Å². The van der Waals surface area contributed by atoms with Gasteiger partial charge in [-0.15, -0.1) is 0 Å². The molecule has 0 saturated carbocycles. The molecule has 1 atom stereocenters. The standard InChI is InChI=1S/C29H35BrN2O2/c1-29(2,3)34-28(33)32-16-7-6-12-25(32)19-31-20-27-23(17-21-9-8-11-24(30)18-21)15-14-22-10-4-5-13-26(22)27/h4-5,8-11,13-15,18,25,31H,6-7,12,16-17,19-20H2,1-3H3. The zero-order valence-electron chi connectivity index (χ0n) is 20.4. The highest BCUT2D eigenvalue weighted by Gasteiger charge is 2.30. The molecule has 0 bridgehead atoms. The second-order valence-electron chi connectivity index (χ2n) is 10.2. The van der Waals surface area contributed by atoms with Crippen molar-refractivity contribution in [1.29, 1.82) is 0 Å². The van der Waals surface area contributed by atoms with Crippen molar-refractivity contribution in [2.75, 3.05) is 13.1 Å². The number of hydrogen-bond acceptors (Lipinski definition) is 3. The summed E-state index contributed by atoms with van der Waals surface area (Å²) in [5.74, 6) is 0. The summed E-state index contributed by atoms with van der Waals surface area (Å²) in [4.78, 5) is 14.7. The van der Waals surface area contributed by atoms with E-state index >= 15 is 0 Å². The molecular weight excluding hydrogens is 488 g/mol. The molecule has 1 amide bonds. The molecule has 1 unspecified atom stereocenters. The predicted molar refractivity (Wildman–Crippen MR) is 143 cm³/mol. The number of likely N-dealkylation sites (tertiary alicyclic amines) is 1. The molecule has 180 valence electrons. The topological polar surface area (TPSA) is 41.6 Å². The minimum atomic E-state index is -0.475. The van der Waals surface area contributed by atoms with Crippen LogP contribution in [0.1, 0.15) is 56.7 Å². The zero-order valence-corrected chi connectivity index (χ0v) is 22.0. The van der Waals surface area contributed by atoms with Crippen LogP contribution in [-0.2, 0) is 17.7 Å². The third kappa shape index (κ3) is 6.39. The maximum absolute atomic E-state index is 12.8. The van der Waals surface area contributed by atoms with E-state index < -0.39 is 5.60 Å². The first-order valence-electron chi connectivity index (χ1n) is 12.2.